The van der Waals surface area contributed by atoms with Crippen LogP contribution in [0.25, 0.3) is 33.5 Å². The van der Waals surface area contributed by atoms with Crippen molar-refractivity contribution in [2.24, 2.45) is 7.05 Å². The molecule has 0 aliphatic heterocycles. The maximum atomic E-state index is 5.95. The van der Waals surface area contributed by atoms with Gasteiger partial charge in [-0.1, -0.05) is 29.4 Å². The Hall–Kier alpha value is -3.93. The molecule has 0 amide bonds. The van der Waals surface area contributed by atoms with E-state index in [0.717, 1.165) is 44.9 Å². The van der Waals surface area contributed by atoms with Crippen molar-refractivity contribution in [1.82, 2.24) is 19.9 Å². The first-order valence-electron chi connectivity index (χ1n) is 9.71. The van der Waals surface area contributed by atoms with Crippen molar-refractivity contribution in [2.75, 3.05) is 0 Å². The van der Waals surface area contributed by atoms with E-state index in [1.807, 2.05) is 73.3 Å². The van der Waals surface area contributed by atoms with Crippen molar-refractivity contribution < 1.29 is 9.26 Å². The molecule has 5 rings (SSSR count). The average Bonchev–Trinajstić information content (AvgIpc) is 3.38. The van der Waals surface area contributed by atoms with Gasteiger partial charge in [0.05, 0.1) is 34.4 Å². The first kappa shape index (κ1) is 18.1. The van der Waals surface area contributed by atoms with E-state index in [2.05, 4.69) is 27.4 Å². The summed E-state index contributed by atoms with van der Waals surface area (Å²) in [5.74, 6) is 1.49. The predicted octanol–water partition coefficient (Wildman–Crippen LogP) is 5.18. The summed E-state index contributed by atoms with van der Waals surface area (Å²) in [5.41, 5.74) is 5.61. The quantitative estimate of drug-likeness (QED) is 0.410. The van der Waals surface area contributed by atoms with Crippen molar-refractivity contribution in [2.45, 2.75) is 13.5 Å². The summed E-state index contributed by atoms with van der Waals surface area (Å²) in [4.78, 5) is 4.65. The summed E-state index contributed by atoms with van der Waals surface area (Å²) in [6.07, 6.45) is 1.80. The molecule has 6 nitrogen and oxygen atoms in total. The molecule has 3 heterocycles. The number of rotatable bonds is 5. The fraction of sp³-hybridized carbons (Fsp3) is 0.125. The highest BCUT2D eigenvalue weighted by atomic mass is 16.5. The van der Waals surface area contributed by atoms with Crippen LogP contribution in [-0.4, -0.2) is 19.9 Å². The number of para-hydroxylation sites is 1. The van der Waals surface area contributed by atoms with Gasteiger partial charge < -0.3 is 9.26 Å². The van der Waals surface area contributed by atoms with Gasteiger partial charge in [-0.3, -0.25) is 4.68 Å². The molecule has 6 heteroatoms. The third-order valence-electron chi connectivity index (χ3n) is 5.00. The Labute approximate surface area is 173 Å². The Morgan fingerprint density at radius 1 is 1.00 bits per heavy atom. The third kappa shape index (κ3) is 3.43. The van der Waals surface area contributed by atoms with E-state index in [0.29, 0.717) is 12.4 Å². The first-order valence-corrected chi connectivity index (χ1v) is 9.71. The van der Waals surface area contributed by atoms with Gasteiger partial charge in [0.15, 0.2) is 5.76 Å². The normalized spacial score (nSPS) is 11.1. The number of aryl methyl sites for hydroxylation is 2. The minimum atomic E-state index is 0.415. The predicted molar refractivity (Wildman–Crippen MR) is 115 cm³/mol. The molecule has 0 atom stereocenters. The van der Waals surface area contributed by atoms with E-state index in [-0.39, 0.29) is 0 Å². The lowest BCUT2D eigenvalue weighted by Crippen LogP contribution is -1.99. The van der Waals surface area contributed by atoms with Gasteiger partial charge in [0.1, 0.15) is 12.4 Å². The van der Waals surface area contributed by atoms with E-state index in [4.69, 9.17) is 9.26 Å². The Balaban J connectivity index is 1.35. The number of aromatic nitrogens is 4. The fourth-order valence-corrected chi connectivity index (χ4v) is 3.51. The summed E-state index contributed by atoms with van der Waals surface area (Å²) < 4.78 is 13.2. The Bertz CT molecular complexity index is 1320. The number of nitrogens with zero attached hydrogens (tertiary/aromatic N) is 4. The lowest BCUT2D eigenvalue weighted by Gasteiger charge is -2.09. The molecule has 0 fully saturated rings. The van der Waals surface area contributed by atoms with Gasteiger partial charge in [-0.05, 0) is 43.3 Å². The highest BCUT2D eigenvalue weighted by Gasteiger charge is 2.16. The van der Waals surface area contributed by atoms with Crippen molar-refractivity contribution in [3.63, 3.8) is 0 Å². The molecule has 0 N–H and O–H groups in total. The zero-order valence-electron chi connectivity index (χ0n) is 16.7. The largest absolute Gasteiger partial charge is 0.487 e. The number of pyridine rings is 1. The molecule has 3 aromatic heterocycles. The van der Waals surface area contributed by atoms with Crippen LogP contribution >= 0.6 is 0 Å². The highest BCUT2D eigenvalue weighted by Crippen LogP contribution is 2.33. The smallest absolute Gasteiger partial charge is 0.170 e. The summed E-state index contributed by atoms with van der Waals surface area (Å²) in [6.45, 7) is 2.32. The monoisotopic (exact) mass is 396 g/mol. The Morgan fingerprint density at radius 2 is 1.83 bits per heavy atom. The number of ether oxygens (including phenoxy) is 1. The van der Waals surface area contributed by atoms with Gasteiger partial charge in [0.25, 0.3) is 0 Å². The van der Waals surface area contributed by atoms with Crippen LogP contribution in [0.4, 0.5) is 0 Å². The molecular formula is C24H20N4O2. The van der Waals surface area contributed by atoms with Crippen LogP contribution in [0.1, 0.15) is 11.4 Å². The maximum absolute atomic E-state index is 5.95. The van der Waals surface area contributed by atoms with Crippen LogP contribution in [0.2, 0.25) is 0 Å². The molecule has 148 valence electrons. The number of benzene rings is 2. The second kappa shape index (κ2) is 7.48. The van der Waals surface area contributed by atoms with Crippen molar-refractivity contribution in [3.05, 3.63) is 84.3 Å². The van der Waals surface area contributed by atoms with Crippen LogP contribution in [0.5, 0.6) is 5.75 Å². The molecule has 2 aromatic carbocycles. The van der Waals surface area contributed by atoms with Crippen LogP contribution in [0.15, 0.2) is 77.4 Å². The van der Waals surface area contributed by atoms with E-state index >= 15 is 0 Å². The third-order valence-corrected chi connectivity index (χ3v) is 5.00. The van der Waals surface area contributed by atoms with E-state index in [9.17, 15) is 0 Å². The standard InChI is InChI=1S/C24H20N4O2/c1-16-13-23(30-27-16)21-14-25-28(2)24(21)18-8-11-20(12-9-18)29-15-19-10-7-17-5-3-4-6-22(17)26-19/h3-14H,15H2,1-2H3. The van der Waals surface area contributed by atoms with Gasteiger partial charge in [-0.15, -0.1) is 0 Å². The van der Waals surface area contributed by atoms with Gasteiger partial charge in [0.2, 0.25) is 0 Å². The minimum absolute atomic E-state index is 0.415. The molecule has 0 spiro atoms. The molecule has 0 radical (unpaired) electrons. The summed E-state index contributed by atoms with van der Waals surface area (Å²) >= 11 is 0. The van der Waals surface area contributed by atoms with E-state index in [1.54, 1.807) is 6.20 Å². The lowest BCUT2D eigenvalue weighted by molar-refractivity contribution is 0.302. The van der Waals surface area contributed by atoms with Crippen molar-refractivity contribution in [3.8, 4) is 28.3 Å². The molecule has 5 aromatic rings. The van der Waals surface area contributed by atoms with Crippen molar-refractivity contribution in [1.29, 1.82) is 0 Å². The highest BCUT2D eigenvalue weighted by molar-refractivity contribution is 5.79. The number of hydrogen-bond acceptors (Lipinski definition) is 5. The molecule has 0 saturated heterocycles. The zero-order valence-corrected chi connectivity index (χ0v) is 16.7. The van der Waals surface area contributed by atoms with Crippen molar-refractivity contribution >= 4 is 10.9 Å². The molecule has 0 saturated carbocycles. The van der Waals surface area contributed by atoms with Gasteiger partial charge >= 0.3 is 0 Å². The molecule has 0 unspecified atom stereocenters. The molecule has 0 aliphatic carbocycles. The molecular weight excluding hydrogens is 376 g/mol. The summed E-state index contributed by atoms with van der Waals surface area (Å²) in [5, 5.41) is 9.50. The lowest BCUT2D eigenvalue weighted by atomic mass is 10.1. The summed E-state index contributed by atoms with van der Waals surface area (Å²) in [7, 11) is 1.91. The summed E-state index contributed by atoms with van der Waals surface area (Å²) in [6, 6.07) is 22.0. The molecule has 0 aliphatic rings. The Kier molecular flexibility index (Phi) is 4.52. The number of fused-ring (bicyclic) bond motifs is 1. The minimum Gasteiger partial charge on any atom is -0.487 e. The maximum Gasteiger partial charge on any atom is 0.170 e. The van der Waals surface area contributed by atoms with Gasteiger partial charge in [-0.2, -0.15) is 5.10 Å². The fourth-order valence-electron chi connectivity index (χ4n) is 3.51. The van der Waals surface area contributed by atoms with Crippen LogP contribution in [0.3, 0.4) is 0 Å². The zero-order chi connectivity index (χ0) is 20.5. The molecule has 30 heavy (non-hydrogen) atoms. The number of hydrogen-bond donors (Lipinski definition) is 0. The Morgan fingerprint density at radius 3 is 2.63 bits per heavy atom. The second-order valence-corrected chi connectivity index (χ2v) is 7.17. The second-order valence-electron chi connectivity index (χ2n) is 7.17. The van der Waals surface area contributed by atoms with Gasteiger partial charge in [0, 0.05) is 24.1 Å². The van der Waals surface area contributed by atoms with Crippen LogP contribution in [-0.2, 0) is 13.7 Å². The first-order chi connectivity index (χ1) is 14.7. The van der Waals surface area contributed by atoms with Gasteiger partial charge in [-0.25, -0.2) is 4.98 Å². The van der Waals surface area contributed by atoms with E-state index < -0.39 is 0 Å². The van der Waals surface area contributed by atoms with Crippen LogP contribution < -0.4 is 4.74 Å². The SMILES string of the molecule is Cc1cc(-c2cnn(C)c2-c2ccc(OCc3ccc4ccccc4n3)cc2)on1. The van der Waals surface area contributed by atoms with E-state index in [1.165, 1.54) is 0 Å². The molecule has 0 bridgehead atoms. The average molecular weight is 396 g/mol. The van der Waals surface area contributed by atoms with Crippen LogP contribution in [0, 0.1) is 6.92 Å². The topological polar surface area (TPSA) is 66.0 Å².